The van der Waals surface area contributed by atoms with Crippen LogP contribution in [0.5, 0.6) is 0 Å². The van der Waals surface area contributed by atoms with Gasteiger partial charge < -0.3 is 4.98 Å². The summed E-state index contributed by atoms with van der Waals surface area (Å²) in [6, 6.07) is 11.5. The standard InChI is InChI=1S/C21H15N9/c1-30-11-12(10-24-30)13-5-6-16-19(25-13)20(29-28-16)21-26-15-7-9-23-17(18(15)27-21)14-4-2-3-8-22-14/h2-11H,1H3,(H,26,27)(H,28,29). The van der Waals surface area contributed by atoms with Gasteiger partial charge in [0.2, 0.25) is 0 Å². The number of rotatable bonds is 3. The Balaban J connectivity index is 1.52. The van der Waals surface area contributed by atoms with Crippen LogP contribution in [0, 0.1) is 0 Å². The van der Waals surface area contributed by atoms with Gasteiger partial charge in [-0.3, -0.25) is 19.7 Å². The summed E-state index contributed by atoms with van der Waals surface area (Å²) in [7, 11) is 1.88. The second kappa shape index (κ2) is 6.31. The van der Waals surface area contributed by atoms with Gasteiger partial charge in [-0.05, 0) is 30.3 Å². The molecule has 0 saturated carbocycles. The quantitative estimate of drug-likeness (QED) is 0.477. The van der Waals surface area contributed by atoms with Crippen molar-refractivity contribution in [2.75, 3.05) is 0 Å². The van der Waals surface area contributed by atoms with Crippen LogP contribution in [0.2, 0.25) is 0 Å². The normalized spacial score (nSPS) is 11.5. The number of nitrogens with one attached hydrogen (secondary N) is 2. The number of nitrogens with zero attached hydrogens (tertiary/aromatic N) is 7. The first-order valence-corrected chi connectivity index (χ1v) is 9.37. The third-order valence-electron chi connectivity index (χ3n) is 4.94. The van der Waals surface area contributed by atoms with E-state index in [1.165, 1.54) is 0 Å². The van der Waals surface area contributed by atoms with Gasteiger partial charge in [0.05, 0.1) is 28.6 Å². The Morgan fingerprint density at radius 1 is 0.833 bits per heavy atom. The molecule has 30 heavy (non-hydrogen) atoms. The fraction of sp³-hybridized carbons (Fsp3) is 0.0476. The van der Waals surface area contributed by atoms with E-state index in [4.69, 9.17) is 9.97 Å². The average Bonchev–Trinajstić information content (AvgIpc) is 3.50. The summed E-state index contributed by atoms with van der Waals surface area (Å²) in [5, 5.41) is 11.7. The molecular weight excluding hydrogens is 378 g/mol. The molecule has 0 unspecified atom stereocenters. The minimum atomic E-state index is 0.622. The lowest BCUT2D eigenvalue weighted by atomic mass is 10.2. The Hall–Kier alpha value is -4.40. The van der Waals surface area contributed by atoms with Gasteiger partial charge >= 0.3 is 0 Å². The van der Waals surface area contributed by atoms with Crippen LogP contribution in [0.15, 0.2) is 61.2 Å². The summed E-state index contributed by atoms with van der Waals surface area (Å²) in [6.45, 7) is 0. The van der Waals surface area contributed by atoms with Crippen molar-refractivity contribution < 1.29 is 0 Å². The van der Waals surface area contributed by atoms with Crippen molar-refractivity contribution in [2.24, 2.45) is 7.05 Å². The van der Waals surface area contributed by atoms with Crippen LogP contribution in [0.4, 0.5) is 0 Å². The van der Waals surface area contributed by atoms with E-state index < -0.39 is 0 Å². The number of aromatic nitrogens is 9. The minimum absolute atomic E-state index is 0.622. The molecule has 0 aliphatic heterocycles. The van der Waals surface area contributed by atoms with Crippen LogP contribution in [0.25, 0.3) is 56.2 Å². The van der Waals surface area contributed by atoms with Crippen molar-refractivity contribution in [1.29, 1.82) is 0 Å². The molecule has 0 saturated heterocycles. The Bertz CT molecular complexity index is 1510. The first kappa shape index (κ1) is 16.5. The van der Waals surface area contributed by atoms with E-state index in [0.29, 0.717) is 11.5 Å². The molecule has 0 aromatic carbocycles. The molecule has 9 nitrogen and oxygen atoms in total. The lowest BCUT2D eigenvalue weighted by molar-refractivity contribution is 0.768. The van der Waals surface area contributed by atoms with Crippen LogP contribution in [0.1, 0.15) is 0 Å². The molecule has 6 rings (SSSR count). The fourth-order valence-electron chi connectivity index (χ4n) is 3.52. The molecule has 0 aliphatic rings. The maximum atomic E-state index is 4.81. The first-order chi connectivity index (χ1) is 14.8. The lowest BCUT2D eigenvalue weighted by Gasteiger charge is -1.99. The summed E-state index contributed by atoms with van der Waals surface area (Å²) >= 11 is 0. The zero-order valence-corrected chi connectivity index (χ0v) is 15.9. The molecular formula is C21H15N9. The van der Waals surface area contributed by atoms with Crippen molar-refractivity contribution in [1.82, 2.24) is 44.9 Å². The average molecular weight is 393 g/mol. The number of imidazole rings is 1. The van der Waals surface area contributed by atoms with Crippen LogP contribution in [0.3, 0.4) is 0 Å². The summed E-state index contributed by atoms with van der Waals surface area (Å²) in [4.78, 5) is 21.8. The van der Waals surface area contributed by atoms with Gasteiger partial charge in [-0.25, -0.2) is 9.97 Å². The second-order valence-electron chi connectivity index (χ2n) is 6.92. The second-order valence-corrected chi connectivity index (χ2v) is 6.92. The maximum absolute atomic E-state index is 4.81. The van der Waals surface area contributed by atoms with Crippen LogP contribution in [-0.4, -0.2) is 44.9 Å². The van der Waals surface area contributed by atoms with Gasteiger partial charge in [0.1, 0.15) is 16.7 Å². The Kier molecular flexibility index (Phi) is 3.48. The number of aromatic amines is 2. The Morgan fingerprint density at radius 3 is 2.60 bits per heavy atom. The van der Waals surface area contributed by atoms with Gasteiger partial charge in [-0.15, -0.1) is 0 Å². The van der Waals surface area contributed by atoms with E-state index in [-0.39, 0.29) is 0 Å². The summed E-state index contributed by atoms with van der Waals surface area (Å²) in [5.74, 6) is 0.622. The number of fused-ring (bicyclic) bond motifs is 2. The first-order valence-electron chi connectivity index (χ1n) is 9.37. The largest absolute Gasteiger partial charge is 0.336 e. The highest BCUT2D eigenvalue weighted by molar-refractivity contribution is 5.94. The topological polar surface area (TPSA) is 114 Å². The Morgan fingerprint density at radius 2 is 1.77 bits per heavy atom. The molecule has 0 aliphatic carbocycles. The molecule has 6 heterocycles. The number of aryl methyl sites for hydroxylation is 1. The lowest BCUT2D eigenvalue weighted by Crippen LogP contribution is -1.88. The van der Waals surface area contributed by atoms with Crippen molar-refractivity contribution in [2.45, 2.75) is 0 Å². The predicted octanol–water partition coefficient (Wildman–Crippen LogP) is 3.36. The van der Waals surface area contributed by atoms with E-state index >= 15 is 0 Å². The molecule has 0 spiro atoms. The number of pyridine rings is 3. The summed E-state index contributed by atoms with van der Waals surface area (Å²) in [6.07, 6.45) is 7.21. The molecule has 2 N–H and O–H groups in total. The minimum Gasteiger partial charge on any atom is -0.336 e. The molecule has 144 valence electrons. The van der Waals surface area contributed by atoms with Crippen LogP contribution >= 0.6 is 0 Å². The highest BCUT2D eigenvalue weighted by atomic mass is 15.2. The smallest absolute Gasteiger partial charge is 0.161 e. The highest BCUT2D eigenvalue weighted by Crippen LogP contribution is 2.30. The van der Waals surface area contributed by atoms with Gasteiger partial charge in [0, 0.05) is 31.2 Å². The maximum Gasteiger partial charge on any atom is 0.161 e. The van der Waals surface area contributed by atoms with Crippen molar-refractivity contribution >= 4 is 22.1 Å². The molecule has 6 aromatic rings. The SMILES string of the molecule is Cn1cc(-c2ccc3[nH]nc(-c4nc5c(-c6ccccn6)nccc5[nH]4)c3n2)cn1. The molecule has 0 bridgehead atoms. The van der Waals surface area contributed by atoms with Crippen LogP contribution in [-0.2, 0) is 7.05 Å². The number of H-pyrrole nitrogens is 2. The third-order valence-corrected chi connectivity index (χ3v) is 4.94. The van der Waals surface area contributed by atoms with Crippen molar-refractivity contribution in [3.05, 3.63) is 61.2 Å². The van der Waals surface area contributed by atoms with E-state index in [2.05, 4.69) is 30.2 Å². The number of hydrogen-bond acceptors (Lipinski definition) is 6. The van der Waals surface area contributed by atoms with E-state index in [1.807, 2.05) is 49.6 Å². The van der Waals surface area contributed by atoms with Gasteiger partial charge in [-0.2, -0.15) is 10.2 Å². The third kappa shape index (κ3) is 2.56. The highest BCUT2D eigenvalue weighted by Gasteiger charge is 2.17. The van der Waals surface area contributed by atoms with E-state index in [0.717, 1.165) is 44.7 Å². The molecule has 6 aromatic heterocycles. The van der Waals surface area contributed by atoms with Gasteiger partial charge in [0.25, 0.3) is 0 Å². The molecule has 0 atom stereocenters. The Labute approximate surface area is 169 Å². The van der Waals surface area contributed by atoms with Gasteiger partial charge in [0.15, 0.2) is 11.5 Å². The predicted molar refractivity (Wildman–Crippen MR) is 112 cm³/mol. The summed E-state index contributed by atoms with van der Waals surface area (Å²) in [5.41, 5.74) is 7.08. The fourth-order valence-corrected chi connectivity index (χ4v) is 3.52. The summed E-state index contributed by atoms with van der Waals surface area (Å²) < 4.78 is 1.75. The van der Waals surface area contributed by atoms with E-state index in [1.54, 1.807) is 23.3 Å². The van der Waals surface area contributed by atoms with Crippen molar-refractivity contribution in [3.8, 4) is 34.2 Å². The molecule has 9 heteroatoms. The zero-order valence-electron chi connectivity index (χ0n) is 15.9. The van der Waals surface area contributed by atoms with E-state index in [9.17, 15) is 0 Å². The molecule has 0 radical (unpaired) electrons. The van der Waals surface area contributed by atoms with Gasteiger partial charge in [-0.1, -0.05) is 6.07 Å². The monoisotopic (exact) mass is 393 g/mol. The van der Waals surface area contributed by atoms with Crippen molar-refractivity contribution in [3.63, 3.8) is 0 Å². The molecule has 0 amide bonds. The zero-order chi connectivity index (χ0) is 20.1. The van der Waals surface area contributed by atoms with Crippen LogP contribution < -0.4 is 0 Å². The molecule has 0 fully saturated rings. The number of hydrogen-bond donors (Lipinski definition) is 2.